The van der Waals surface area contributed by atoms with Gasteiger partial charge >= 0.3 is 0 Å². The fraction of sp³-hybridized carbons (Fsp3) is 0.636. The van der Waals surface area contributed by atoms with Gasteiger partial charge in [0.05, 0.1) is 5.75 Å². The molecule has 1 atom stereocenters. The number of hydrogen-bond acceptors (Lipinski definition) is 4. The van der Waals surface area contributed by atoms with Crippen LogP contribution in [0.25, 0.3) is 0 Å². The molecule has 1 aromatic rings. The van der Waals surface area contributed by atoms with Gasteiger partial charge in [0.15, 0.2) is 0 Å². The maximum Gasteiger partial charge on any atom is 0.214 e. The molecule has 0 aliphatic carbocycles. The van der Waals surface area contributed by atoms with E-state index in [4.69, 9.17) is 0 Å². The van der Waals surface area contributed by atoms with Crippen molar-refractivity contribution in [2.24, 2.45) is 0 Å². The average molecular weight is 274 g/mol. The standard InChI is InChI=1S/C11H18N2O2S2/c1-10-9-12-5-6-13(10)17(14,15)8-4-11-3-2-7-16-11/h2-3,7,10,12H,4-6,8-9H2,1H3/t10-/m0/s1. The molecule has 0 unspecified atom stereocenters. The summed E-state index contributed by atoms with van der Waals surface area (Å²) in [4.78, 5) is 1.14. The number of rotatable bonds is 4. The Balaban J connectivity index is 1.98. The molecule has 2 rings (SSSR count). The highest BCUT2D eigenvalue weighted by atomic mass is 32.2. The van der Waals surface area contributed by atoms with Crippen LogP contribution < -0.4 is 5.32 Å². The lowest BCUT2D eigenvalue weighted by Gasteiger charge is -2.32. The lowest BCUT2D eigenvalue weighted by molar-refractivity contribution is 0.284. The van der Waals surface area contributed by atoms with E-state index in [0.717, 1.165) is 18.0 Å². The summed E-state index contributed by atoms with van der Waals surface area (Å²) in [5, 5.41) is 5.18. The first-order valence-corrected chi connectivity index (χ1v) is 8.31. The lowest BCUT2D eigenvalue weighted by atomic mass is 10.3. The van der Waals surface area contributed by atoms with Crippen LogP contribution in [0, 0.1) is 0 Å². The van der Waals surface area contributed by atoms with Crippen LogP contribution in [-0.4, -0.2) is 44.2 Å². The average Bonchev–Trinajstić information content (AvgIpc) is 2.80. The van der Waals surface area contributed by atoms with Crippen molar-refractivity contribution in [2.75, 3.05) is 25.4 Å². The van der Waals surface area contributed by atoms with E-state index in [-0.39, 0.29) is 11.8 Å². The molecule has 0 bridgehead atoms. The summed E-state index contributed by atoms with van der Waals surface area (Å²) in [6.45, 7) is 4.05. The second-order valence-electron chi connectivity index (χ2n) is 4.31. The number of aryl methyl sites for hydroxylation is 1. The Bertz CT molecular complexity index is 442. The second-order valence-corrected chi connectivity index (χ2v) is 7.38. The predicted octanol–water partition coefficient (Wildman–Crippen LogP) is 0.914. The maximum absolute atomic E-state index is 12.2. The quantitative estimate of drug-likeness (QED) is 0.888. The maximum atomic E-state index is 12.2. The minimum atomic E-state index is -3.11. The molecule has 17 heavy (non-hydrogen) atoms. The zero-order valence-corrected chi connectivity index (χ0v) is 11.6. The van der Waals surface area contributed by atoms with E-state index >= 15 is 0 Å². The summed E-state index contributed by atoms with van der Waals surface area (Å²) in [7, 11) is -3.11. The number of sulfonamides is 1. The van der Waals surface area contributed by atoms with E-state index in [0.29, 0.717) is 13.0 Å². The zero-order chi connectivity index (χ0) is 12.3. The van der Waals surface area contributed by atoms with Crippen molar-refractivity contribution in [1.82, 2.24) is 9.62 Å². The van der Waals surface area contributed by atoms with Crippen molar-refractivity contribution in [1.29, 1.82) is 0 Å². The van der Waals surface area contributed by atoms with E-state index in [1.807, 2.05) is 24.4 Å². The molecule has 1 fully saturated rings. The second kappa shape index (κ2) is 5.48. The molecule has 1 saturated heterocycles. The van der Waals surface area contributed by atoms with Crippen LogP contribution >= 0.6 is 11.3 Å². The Morgan fingerprint density at radius 1 is 1.59 bits per heavy atom. The van der Waals surface area contributed by atoms with Crippen LogP contribution in [0.1, 0.15) is 11.8 Å². The highest BCUT2D eigenvalue weighted by Crippen LogP contribution is 2.14. The summed E-state index contributed by atoms with van der Waals surface area (Å²) in [5.74, 6) is 0.220. The van der Waals surface area contributed by atoms with Crippen molar-refractivity contribution in [2.45, 2.75) is 19.4 Å². The Kier molecular flexibility index (Phi) is 4.19. The van der Waals surface area contributed by atoms with E-state index in [9.17, 15) is 8.42 Å². The number of piperazine rings is 1. The van der Waals surface area contributed by atoms with E-state index < -0.39 is 10.0 Å². The predicted molar refractivity (Wildman–Crippen MR) is 70.8 cm³/mol. The van der Waals surface area contributed by atoms with Gasteiger partial charge in [0.1, 0.15) is 0 Å². The Morgan fingerprint density at radius 3 is 3.06 bits per heavy atom. The van der Waals surface area contributed by atoms with Gasteiger partial charge in [-0.25, -0.2) is 8.42 Å². The first-order chi connectivity index (χ1) is 8.09. The molecule has 0 spiro atoms. The van der Waals surface area contributed by atoms with Gasteiger partial charge in [-0.2, -0.15) is 4.31 Å². The van der Waals surface area contributed by atoms with Gasteiger partial charge in [-0.05, 0) is 24.8 Å². The smallest absolute Gasteiger partial charge is 0.214 e. The van der Waals surface area contributed by atoms with Gasteiger partial charge in [-0.3, -0.25) is 0 Å². The molecule has 4 nitrogen and oxygen atoms in total. The van der Waals surface area contributed by atoms with E-state index in [2.05, 4.69) is 5.32 Å². The van der Waals surface area contributed by atoms with Gasteiger partial charge in [0, 0.05) is 30.6 Å². The molecule has 1 aliphatic heterocycles. The van der Waals surface area contributed by atoms with E-state index in [1.54, 1.807) is 15.6 Å². The summed E-state index contributed by atoms with van der Waals surface area (Å²) in [5.41, 5.74) is 0. The van der Waals surface area contributed by atoms with Crippen LogP contribution in [0.2, 0.25) is 0 Å². The minimum absolute atomic E-state index is 0.0667. The molecule has 1 aromatic heterocycles. The van der Waals surface area contributed by atoms with Crippen molar-refractivity contribution in [3.63, 3.8) is 0 Å². The molecule has 0 saturated carbocycles. The molecule has 6 heteroatoms. The number of thiophene rings is 1. The monoisotopic (exact) mass is 274 g/mol. The van der Waals surface area contributed by atoms with Gasteiger partial charge in [0.25, 0.3) is 0 Å². The van der Waals surface area contributed by atoms with Crippen LogP contribution in [-0.2, 0) is 16.4 Å². The number of hydrogen-bond donors (Lipinski definition) is 1. The Hall–Kier alpha value is -0.430. The number of nitrogens with one attached hydrogen (secondary N) is 1. The zero-order valence-electron chi connectivity index (χ0n) is 9.93. The summed E-state index contributed by atoms with van der Waals surface area (Å²) in [6, 6.07) is 4.01. The van der Waals surface area contributed by atoms with Crippen molar-refractivity contribution in [3.05, 3.63) is 22.4 Å². The molecule has 0 radical (unpaired) electrons. The first kappa shape index (κ1) is 13.0. The minimum Gasteiger partial charge on any atom is -0.314 e. The van der Waals surface area contributed by atoms with Crippen molar-refractivity contribution >= 4 is 21.4 Å². The largest absolute Gasteiger partial charge is 0.314 e. The SMILES string of the molecule is C[C@H]1CNCCN1S(=O)(=O)CCc1cccs1. The molecule has 96 valence electrons. The van der Waals surface area contributed by atoms with E-state index in [1.165, 1.54) is 0 Å². The third kappa shape index (κ3) is 3.28. The highest BCUT2D eigenvalue weighted by Gasteiger charge is 2.28. The molecule has 0 amide bonds. The van der Waals surface area contributed by atoms with Gasteiger partial charge in [-0.1, -0.05) is 6.07 Å². The van der Waals surface area contributed by atoms with Gasteiger partial charge < -0.3 is 5.32 Å². The van der Waals surface area contributed by atoms with Gasteiger partial charge in [-0.15, -0.1) is 11.3 Å². The molecule has 1 aliphatic rings. The highest BCUT2D eigenvalue weighted by molar-refractivity contribution is 7.89. The van der Waals surface area contributed by atoms with Crippen LogP contribution in [0.3, 0.4) is 0 Å². The number of nitrogens with zero attached hydrogens (tertiary/aromatic N) is 1. The van der Waals surface area contributed by atoms with Crippen molar-refractivity contribution < 1.29 is 8.42 Å². The fourth-order valence-electron chi connectivity index (χ4n) is 2.04. The molecule has 1 N–H and O–H groups in total. The van der Waals surface area contributed by atoms with Crippen LogP contribution in [0.15, 0.2) is 17.5 Å². The molecular weight excluding hydrogens is 256 g/mol. The third-order valence-corrected chi connectivity index (χ3v) is 5.90. The normalized spacial score (nSPS) is 22.8. The van der Waals surface area contributed by atoms with Gasteiger partial charge in [0.2, 0.25) is 10.0 Å². The third-order valence-electron chi connectivity index (χ3n) is 2.98. The summed E-state index contributed by atoms with van der Waals surface area (Å²) >= 11 is 1.62. The van der Waals surface area contributed by atoms with Crippen LogP contribution in [0.4, 0.5) is 0 Å². The van der Waals surface area contributed by atoms with Crippen LogP contribution in [0.5, 0.6) is 0 Å². The summed E-state index contributed by atoms with van der Waals surface area (Å²) < 4.78 is 26.0. The first-order valence-electron chi connectivity index (χ1n) is 5.82. The molecule has 0 aromatic carbocycles. The lowest BCUT2D eigenvalue weighted by Crippen LogP contribution is -2.52. The fourth-order valence-corrected chi connectivity index (χ4v) is 4.58. The molecule has 2 heterocycles. The Labute approximate surface area is 107 Å². The van der Waals surface area contributed by atoms with Crippen molar-refractivity contribution in [3.8, 4) is 0 Å². The Morgan fingerprint density at radius 2 is 2.41 bits per heavy atom. The summed E-state index contributed by atoms with van der Waals surface area (Å²) in [6.07, 6.45) is 0.622. The topological polar surface area (TPSA) is 49.4 Å². The molecular formula is C11H18N2O2S2.